The molecule has 0 aliphatic rings. The number of halogens is 5. The third kappa shape index (κ3) is 3.62. The predicted molar refractivity (Wildman–Crippen MR) is 103 cm³/mol. The molecule has 0 radical (unpaired) electrons. The maximum atomic E-state index is 15.2. The number of hydrogen-bond acceptors (Lipinski definition) is 1. The number of alkyl halides is 3. The molecule has 0 heterocycles. The maximum Gasteiger partial charge on any atom is 0.573 e. The van der Waals surface area contributed by atoms with Gasteiger partial charge in [-0.1, -0.05) is 55.5 Å². The number of benzene rings is 4. The summed E-state index contributed by atoms with van der Waals surface area (Å²) in [5.41, 5.74) is 1.39. The minimum absolute atomic E-state index is 0.0967. The van der Waals surface area contributed by atoms with Gasteiger partial charge >= 0.3 is 6.36 Å². The lowest BCUT2D eigenvalue weighted by Gasteiger charge is -2.12. The summed E-state index contributed by atoms with van der Waals surface area (Å²) in [5.74, 6) is -2.74. The van der Waals surface area contributed by atoms with Crippen molar-refractivity contribution in [3.8, 4) is 16.9 Å². The Morgan fingerprint density at radius 1 is 0.793 bits per heavy atom. The van der Waals surface area contributed by atoms with Crippen molar-refractivity contribution in [2.24, 2.45) is 0 Å². The van der Waals surface area contributed by atoms with Crippen LogP contribution in [0.1, 0.15) is 12.5 Å². The molecule has 0 aliphatic heterocycles. The van der Waals surface area contributed by atoms with E-state index < -0.39 is 23.7 Å². The Hall–Kier alpha value is -3.15. The Morgan fingerprint density at radius 2 is 1.52 bits per heavy atom. The third-order valence-corrected chi connectivity index (χ3v) is 4.89. The van der Waals surface area contributed by atoms with Gasteiger partial charge in [-0.05, 0) is 45.8 Å². The van der Waals surface area contributed by atoms with Crippen LogP contribution in [0.15, 0.2) is 60.7 Å². The van der Waals surface area contributed by atoms with Gasteiger partial charge in [0.2, 0.25) is 0 Å². The first-order chi connectivity index (χ1) is 13.8. The van der Waals surface area contributed by atoms with Crippen molar-refractivity contribution in [1.29, 1.82) is 0 Å². The summed E-state index contributed by atoms with van der Waals surface area (Å²) in [4.78, 5) is 0. The SMILES string of the molecule is CCc1ccc2c(ccc3c(F)c(-c4ccc(OC(F)(F)F)c(F)c4)ccc32)c1. The van der Waals surface area contributed by atoms with Gasteiger partial charge in [0.25, 0.3) is 0 Å². The molecule has 0 atom stereocenters. The van der Waals surface area contributed by atoms with Crippen LogP contribution in [0.3, 0.4) is 0 Å². The Bertz CT molecular complexity index is 1230. The molecule has 6 heteroatoms. The van der Waals surface area contributed by atoms with Gasteiger partial charge in [-0.3, -0.25) is 0 Å². The number of aryl methyl sites for hydroxylation is 1. The van der Waals surface area contributed by atoms with Gasteiger partial charge in [-0.2, -0.15) is 0 Å². The van der Waals surface area contributed by atoms with Crippen molar-refractivity contribution in [3.63, 3.8) is 0 Å². The molecule has 0 saturated heterocycles. The second-order valence-electron chi connectivity index (χ2n) is 6.69. The fraction of sp³-hybridized carbons (Fsp3) is 0.130. The molecule has 0 aromatic heterocycles. The number of fused-ring (bicyclic) bond motifs is 3. The Balaban J connectivity index is 1.82. The largest absolute Gasteiger partial charge is 0.573 e. The summed E-state index contributed by atoms with van der Waals surface area (Å²) < 4.78 is 69.8. The Labute approximate surface area is 163 Å². The van der Waals surface area contributed by atoms with Crippen LogP contribution in [0.25, 0.3) is 32.7 Å². The first kappa shape index (κ1) is 19.2. The average molecular weight is 402 g/mol. The zero-order valence-electron chi connectivity index (χ0n) is 15.3. The molecule has 0 N–H and O–H groups in total. The lowest BCUT2D eigenvalue weighted by atomic mass is 9.95. The van der Waals surface area contributed by atoms with Crippen molar-refractivity contribution in [2.45, 2.75) is 19.7 Å². The maximum absolute atomic E-state index is 15.2. The van der Waals surface area contributed by atoms with Gasteiger partial charge in [0.1, 0.15) is 5.82 Å². The zero-order valence-corrected chi connectivity index (χ0v) is 15.3. The highest BCUT2D eigenvalue weighted by molar-refractivity contribution is 6.08. The molecule has 0 saturated carbocycles. The number of rotatable bonds is 3. The van der Waals surface area contributed by atoms with Gasteiger partial charge in [0.15, 0.2) is 11.6 Å². The Morgan fingerprint density at radius 3 is 2.21 bits per heavy atom. The van der Waals surface area contributed by atoms with Gasteiger partial charge in [0.05, 0.1) is 0 Å². The van der Waals surface area contributed by atoms with E-state index in [0.29, 0.717) is 10.8 Å². The highest BCUT2D eigenvalue weighted by Crippen LogP contribution is 2.35. The number of ether oxygens (including phenoxy) is 1. The van der Waals surface area contributed by atoms with Crippen LogP contribution < -0.4 is 4.74 Å². The molecule has 29 heavy (non-hydrogen) atoms. The van der Waals surface area contributed by atoms with E-state index in [1.54, 1.807) is 12.1 Å². The van der Waals surface area contributed by atoms with Crippen molar-refractivity contribution in [3.05, 3.63) is 77.9 Å². The van der Waals surface area contributed by atoms with Crippen LogP contribution in [0.4, 0.5) is 22.0 Å². The topological polar surface area (TPSA) is 9.23 Å². The van der Waals surface area contributed by atoms with E-state index in [4.69, 9.17) is 0 Å². The normalized spacial score (nSPS) is 11.9. The lowest BCUT2D eigenvalue weighted by Crippen LogP contribution is -2.17. The summed E-state index contributed by atoms with van der Waals surface area (Å²) in [7, 11) is 0. The number of hydrogen-bond donors (Lipinski definition) is 0. The fourth-order valence-electron chi connectivity index (χ4n) is 3.48. The van der Waals surface area contributed by atoms with E-state index in [9.17, 15) is 17.6 Å². The van der Waals surface area contributed by atoms with Crippen LogP contribution in [0.5, 0.6) is 5.75 Å². The second kappa shape index (κ2) is 7.03. The Kier molecular flexibility index (Phi) is 4.65. The van der Waals surface area contributed by atoms with E-state index in [-0.39, 0.29) is 11.1 Å². The molecular formula is C23H15F5O. The van der Waals surface area contributed by atoms with E-state index in [1.807, 2.05) is 18.2 Å². The fourth-order valence-corrected chi connectivity index (χ4v) is 3.48. The lowest BCUT2D eigenvalue weighted by molar-refractivity contribution is -0.275. The van der Waals surface area contributed by atoms with Gasteiger partial charge in [0, 0.05) is 10.9 Å². The summed E-state index contributed by atoms with van der Waals surface area (Å²) in [5, 5.41) is 2.95. The molecule has 0 amide bonds. The molecule has 4 rings (SSSR count). The molecular weight excluding hydrogens is 387 g/mol. The van der Waals surface area contributed by atoms with Gasteiger partial charge in [-0.25, -0.2) is 8.78 Å². The van der Waals surface area contributed by atoms with Crippen molar-refractivity contribution in [2.75, 3.05) is 0 Å². The quantitative estimate of drug-likeness (QED) is 0.256. The van der Waals surface area contributed by atoms with Gasteiger partial charge in [-0.15, -0.1) is 13.2 Å². The summed E-state index contributed by atoms with van der Waals surface area (Å²) in [6.45, 7) is 2.05. The average Bonchev–Trinajstić information content (AvgIpc) is 2.68. The van der Waals surface area contributed by atoms with E-state index in [2.05, 4.69) is 17.7 Å². The highest BCUT2D eigenvalue weighted by atomic mass is 19.4. The molecule has 1 nitrogen and oxygen atoms in total. The van der Waals surface area contributed by atoms with Crippen molar-refractivity contribution in [1.82, 2.24) is 0 Å². The molecule has 0 aliphatic carbocycles. The smallest absolute Gasteiger partial charge is 0.403 e. The third-order valence-electron chi connectivity index (χ3n) is 4.89. The molecule has 0 bridgehead atoms. The zero-order chi connectivity index (χ0) is 20.8. The molecule has 0 fully saturated rings. The first-order valence-electron chi connectivity index (χ1n) is 8.96. The van der Waals surface area contributed by atoms with E-state index in [0.717, 1.165) is 29.3 Å². The van der Waals surface area contributed by atoms with E-state index in [1.165, 1.54) is 17.7 Å². The van der Waals surface area contributed by atoms with Crippen LogP contribution >= 0.6 is 0 Å². The van der Waals surface area contributed by atoms with Crippen LogP contribution in [-0.2, 0) is 6.42 Å². The molecule has 4 aromatic carbocycles. The van der Waals surface area contributed by atoms with Crippen LogP contribution in [0, 0.1) is 11.6 Å². The monoisotopic (exact) mass is 402 g/mol. The van der Waals surface area contributed by atoms with Crippen LogP contribution in [-0.4, -0.2) is 6.36 Å². The highest BCUT2D eigenvalue weighted by Gasteiger charge is 2.32. The minimum Gasteiger partial charge on any atom is -0.403 e. The predicted octanol–water partition coefficient (Wildman–Crippen LogP) is 7.40. The molecule has 0 spiro atoms. The second-order valence-corrected chi connectivity index (χ2v) is 6.69. The van der Waals surface area contributed by atoms with Crippen LogP contribution in [0.2, 0.25) is 0 Å². The minimum atomic E-state index is -5.00. The van der Waals surface area contributed by atoms with Gasteiger partial charge < -0.3 is 4.74 Å². The summed E-state index contributed by atoms with van der Waals surface area (Å²) in [6.07, 6.45) is -4.11. The first-order valence-corrected chi connectivity index (χ1v) is 8.96. The molecule has 4 aromatic rings. The summed E-state index contributed by atoms with van der Waals surface area (Å²) >= 11 is 0. The molecule has 148 valence electrons. The van der Waals surface area contributed by atoms with Crippen molar-refractivity contribution < 1.29 is 26.7 Å². The standard InChI is InChI=1S/C23H15F5O/c1-2-13-3-6-16-14(11-13)4-7-19-18(16)9-8-17(22(19)25)15-5-10-21(20(24)12-15)29-23(26,27)28/h3-12H,2H2,1H3. The van der Waals surface area contributed by atoms with E-state index >= 15 is 4.39 Å². The molecule has 0 unspecified atom stereocenters. The van der Waals surface area contributed by atoms with Crippen molar-refractivity contribution >= 4 is 21.5 Å². The summed E-state index contributed by atoms with van der Waals surface area (Å²) in [6, 6.07) is 15.6.